The van der Waals surface area contributed by atoms with Crippen molar-refractivity contribution >= 4 is 11.6 Å². The summed E-state index contributed by atoms with van der Waals surface area (Å²) in [6.07, 6.45) is 2.96. The van der Waals surface area contributed by atoms with Gasteiger partial charge in [-0.2, -0.15) is 0 Å². The molecule has 0 radical (unpaired) electrons. The molecular weight excluding hydrogens is 316 g/mol. The normalized spacial score (nSPS) is 30.1. The van der Waals surface area contributed by atoms with Crippen LogP contribution in [-0.4, -0.2) is 53.7 Å². The Kier molecular flexibility index (Phi) is 4.82. The van der Waals surface area contributed by atoms with Crippen LogP contribution in [0.3, 0.4) is 0 Å². The quantitative estimate of drug-likeness (QED) is 0.835. The molecule has 1 N–H and O–H groups in total. The monoisotopic (exact) mass is 343 g/mol. The third-order valence-corrected chi connectivity index (χ3v) is 5.17. The minimum Gasteiger partial charge on any atom is -0.387 e. The zero-order chi connectivity index (χ0) is 17.4. The second-order valence-corrected chi connectivity index (χ2v) is 7.99. The molecule has 0 aromatic rings. The van der Waals surface area contributed by atoms with E-state index in [0.29, 0.717) is 18.1 Å². The van der Waals surface area contributed by atoms with Crippen LogP contribution in [0.1, 0.15) is 52.4 Å². The average molecular weight is 343 g/mol. The highest BCUT2D eigenvalue weighted by molar-refractivity contribution is 6.39. The predicted octanol–water partition coefficient (Wildman–Crippen LogP) is 2.56. The van der Waals surface area contributed by atoms with Gasteiger partial charge in [-0.15, -0.1) is 0 Å². The summed E-state index contributed by atoms with van der Waals surface area (Å²) in [6.45, 7) is 7.28. The summed E-state index contributed by atoms with van der Waals surface area (Å²) in [6, 6.07) is -0.444. The number of piperidine rings is 1. The number of nitrogens with one attached hydrogen (secondary N) is 1. The minimum absolute atomic E-state index is 0.277. The molecule has 1 saturated heterocycles. The van der Waals surface area contributed by atoms with E-state index in [-0.39, 0.29) is 18.7 Å². The van der Waals surface area contributed by atoms with Crippen LogP contribution in [0.15, 0.2) is 5.16 Å². The molecule has 7 heteroatoms. The Hall–Kier alpha value is -1.24. The highest BCUT2D eigenvalue weighted by Gasteiger charge is 2.48. The number of carbonyl (C=O) groups excluding carboxylic acids is 1. The van der Waals surface area contributed by atoms with Crippen molar-refractivity contribution in [2.24, 2.45) is 11.1 Å². The highest BCUT2D eigenvalue weighted by Crippen LogP contribution is 2.38. The molecule has 1 atom stereocenters. The zero-order valence-corrected chi connectivity index (χ0v) is 14.5. The summed E-state index contributed by atoms with van der Waals surface area (Å²) in [4.78, 5) is 20.2. The molecule has 1 aliphatic carbocycles. The number of amides is 1. The summed E-state index contributed by atoms with van der Waals surface area (Å²) in [5.41, 5.74) is -0.0678. The first-order valence-corrected chi connectivity index (χ1v) is 8.93. The molecule has 1 saturated carbocycles. The van der Waals surface area contributed by atoms with Crippen LogP contribution >= 0.6 is 0 Å². The fourth-order valence-electron chi connectivity index (χ4n) is 3.72. The van der Waals surface area contributed by atoms with E-state index in [4.69, 9.17) is 4.84 Å². The number of nitrogens with zero attached hydrogens (tertiary/aromatic N) is 2. The Morgan fingerprint density at radius 2 is 2.21 bits per heavy atom. The first kappa shape index (κ1) is 17.6. The molecule has 1 spiro atoms. The summed E-state index contributed by atoms with van der Waals surface area (Å²) in [7, 11) is 0. The highest BCUT2D eigenvalue weighted by atomic mass is 19.3. The second kappa shape index (κ2) is 6.58. The first-order chi connectivity index (χ1) is 11.3. The van der Waals surface area contributed by atoms with Crippen molar-refractivity contribution < 1.29 is 18.4 Å². The SMILES string of the molecule is CC(C)CCN1CCC[C@]2(CC(C(=O)NC3CC(F)(F)C3)=NO2)C1. The van der Waals surface area contributed by atoms with Gasteiger partial charge in [-0.25, -0.2) is 8.78 Å². The Morgan fingerprint density at radius 3 is 2.88 bits per heavy atom. The number of likely N-dealkylation sites (tertiary alicyclic amines) is 1. The third kappa shape index (κ3) is 4.05. The molecule has 5 nitrogen and oxygen atoms in total. The third-order valence-electron chi connectivity index (χ3n) is 5.17. The Morgan fingerprint density at radius 1 is 1.46 bits per heavy atom. The van der Waals surface area contributed by atoms with Crippen LogP contribution < -0.4 is 5.32 Å². The van der Waals surface area contributed by atoms with Crippen molar-refractivity contribution in [3.8, 4) is 0 Å². The van der Waals surface area contributed by atoms with Crippen LogP contribution in [-0.2, 0) is 9.63 Å². The van der Waals surface area contributed by atoms with Crippen LogP contribution in [0.5, 0.6) is 0 Å². The van der Waals surface area contributed by atoms with Gasteiger partial charge in [0, 0.05) is 31.8 Å². The number of carbonyl (C=O) groups is 1. The van der Waals surface area contributed by atoms with E-state index in [1.807, 2.05) is 0 Å². The molecule has 2 aliphatic heterocycles. The summed E-state index contributed by atoms with van der Waals surface area (Å²) in [5.74, 6) is -2.33. The number of hydrogen-bond acceptors (Lipinski definition) is 4. The summed E-state index contributed by atoms with van der Waals surface area (Å²) < 4.78 is 25.7. The fraction of sp³-hybridized carbons (Fsp3) is 0.882. The van der Waals surface area contributed by atoms with Crippen molar-refractivity contribution in [2.75, 3.05) is 19.6 Å². The molecule has 3 aliphatic rings. The zero-order valence-electron chi connectivity index (χ0n) is 14.5. The molecule has 1 amide bonds. The first-order valence-electron chi connectivity index (χ1n) is 8.93. The maximum absolute atomic E-state index is 12.9. The molecule has 0 aromatic carbocycles. The van der Waals surface area contributed by atoms with Crippen LogP contribution in [0.2, 0.25) is 0 Å². The van der Waals surface area contributed by atoms with Crippen LogP contribution in [0.25, 0.3) is 0 Å². The van der Waals surface area contributed by atoms with Gasteiger partial charge >= 0.3 is 0 Å². The smallest absolute Gasteiger partial charge is 0.269 e. The van der Waals surface area contributed by atoms with Crippen LogP contribution in [0.4, 0.5) is 8.78 Å². The van der Waals surface area contributed by atoms with Gasteiger partial charge in [-0.1, -0.05) is 19.0 Å². The van der Waals surface area contributed by atoms with E-state index in [2.05, 4.69) is 29.2 Å². The lowest BCUT2D eigenvalue weighted by Crippen LogP contribution is -2.53. The van der Waals surface area contributed by atoms with Gasteiger partial charge < -0.3 is 10.2 Å². The van der Waals surface area contributed by atoms with Gasteiger partial charge in [-0.3, -0.25) is 9.69 Å². The molecule has 24 heavy (non-hydrogen) atoms. The molecule has 0 unspecified atom stereocenters. The summed E-state index contributed by atoms with van der Waals surface area (Å²) >= 11 is 0. The maximum atomic E-state index is 12.9. The largest absolute Gasteiger partial charge is 0.387 e. The van der Waals surface area contributed by atoms with E-state index in [9.17, 15) is 13.6 Å². The summed E-state index contributed by atoms with van der Waals surface area (Å²) in [5, 5.41) is 6.62. The molecule has 3 rings (SSSR count). The van der Waals surface area contributed by atoms with Crippen molar-refractivity contribution in [3.63, 3.8) is 0 Å². The number of oxime groups is 1. The lowest BCUT2D eigenvalue weighted by molar-refractivity contribution is -0.123. The molecular formula is C17H27F2N3O2. The molecule has 0 bridgehead atoms. The number of alkyl halides is 2. The Bertz CT molecular complexity index is 516. The van der Waals surface area contributed by atoms with E-state index in [1.165, 1.54) is 0 Å². The standard InChI is InChI=1S/C17H27F2N3O2/c1-12(2)4-7-22-6-3-5-16(11-22)10-14(21-24-16)15(23)20-13-8-17(18,19)9-13/h12-13H,3-11H2,1-2H3,(H,20,23)/t16-/m0/s1. The van der Waals surface area contributed by atoms with Gasteiger partial charge in [0.25, 0.3) is 11.8 Å². The number of halogens is 2. The van der Waals surface area contributed by atoms with E-state index >= 15 is 0 Å². The Labute approximate surface area is 141 Å². The van der Waals surface area contributed by atoms with Gasteiger partial charge in [0.2, 0.25) is 0 Å². The number of rotatable bonds is 5. The fourth-order valence-corrected chi connectivity index (χ4v) is 3.72. The molecule has 136 valence electrons. The minimum atomic E-state index is -2.63. The van der Waals surface area contributed by atoms with Crippen molar-refractivity contribution in [3.05, 3.63) is 0 Å². The van der Waals surface area contributed by atoms with Gasteiger partial charge in [0.15, 0.2) is 5.60 Å². The van der Waals surface area contributed by atoms with Gasteiger partial charge in [0.1, 0.15) is 5.71 Å². The van der Waals surface area contributed by atoms with Crippen molar-refractivity contribution in [1.29, 1.82) is 0 Å². The van der Waals surface area contributed by atoms with Crippen molar-refractivity contribution in [2.45, 2.75) is 69.9 Å². The molecule has 2 heterocycles. The maximum Gasteiger partial charge on any atom is 0.269 e. The molecule has 2 fully saturated rings. The lowest BCUT2D eigenvalue weighted by atomic mass is 9.86. The molecule has 0 aromatic heterocycles. The predicted molar refractivity (Wildman–Crippen MR) is 87.1 cm³/mol. The van der Waals surface area contributed by atoms with E-state index in [1.54, 1.807) is 0 Å². The van der Waals surface area contributed by atoms with Gasteiger partial charge in [0.05, 0.1) is 0 Å². The topological polar surface area (TPSA) is 53.9 Å². The second-order valence-electron chi connectivity index (χ2n) is 7.99. The van der Waals surface area contributed by atoms with Gasteiger partial charge in [-0.05, 0) is 38.3 Å². The van der Waals surface area contributed by atoms with Crippen LogP contribution in [0, 0.1) is 5.92 Å². The lowest BCUT2D eigenvalue weighted by Gasteiger charge is -2.38. The van der Waals surface area contributed by atoms with E-state index in [0.717, 1.165) is 38.9 Å². The van der Waals surface area contributed by atoms with E-state index < -0.39 is 17.6 Å². The average Bonchev–Trinajstić information content (AvgIpc) is 2.87. The Balaban J connectivity index is 1.49. The number of hydrogen-bond donors (Lipinski definition) is 1. The van der Waals surface area contributed by atoms with Crippen molar-refractivity contribution in [1.82, 2.24) is 10.2 Å².